The van der Waals surface area contributed by atoms with Crippen LogP contribution in [0.15, 0.2) is 36.4 Å². The molecule has 1 spiro atoms. The van der Waals surface area contributed by atoms with E-state index in [0.29, 0.717) is 5.41 Å². The molecule has 2 fully saturated rings. The van der Waals surface area contributed by atoms with Crippen LogP contribution in [0.5, 0.6) is 5.75 Å². The molecule has 5 rings (SSSR count). The highest BCUT2D eigenvalue weighted by atomic mass is 16.5. The van der Waals surface area contributed by atoms with E-state index < -0.39 is 0 Å². The molecule has 0 amide bonds. The highest BCUT2D eigenvalue weighted by Crippen LogP contribution is 2.57. The Balaban J connectivity index is 1.65. The van der Waals surface area contributed by atoms with Crippen LogP contribution >= 0.6 is 0 Å². The maximum absolute atomic E-state index is 6.36. The minimum atomic E-state index is 0.438. The summed E-state index contributed by atoms with van der Waals surface area (Å²) in [5.74, 6) is 2.94. The molecule has 2 aromatic carbocycles. The number of hydrogen-bond donors (Lipinski definition) is 0. The molecule has 2 bridgehead atoms. The van der Waals surface area contributed by atoms with Crippen LogP contribution in [-0.2, 0) is 6.42 Å². The van der Waals surface area contributed by atoms with Crippen molar-refractivity contribution in [3.63, 3.8) is 0 Å². The fourth-order valence-corrected chi connectivity index (χ4v) is 5.74. The van der Waals surface area contributed by atoms with E-state index in [4.69, 9.17) is 4.74 Å². The first-order valence-corrected chi connectivity index (χ1v) is 9.00. The van der Waals surface area contributed by atoms with E-state index in [0.717, 1.165) is 24.2 Å². The van der Waals surface area contributed by atoms with E-state index in [2.05, 4.69) is 36.4 Å². The van der Waals surface area contributed by atoms with Gasteiger partial charge in [-0.1, -0.05) is 43.2 Å². The van der Waals surface area contributed by atoms with Crippen molar-refractivity contribution in [1.82, 2.24) is 0 Å². The summed E-state index contributed by atoms with van der Waals surface area (Å²) < 4.78 is 6.36. The molecule has 1 heteroatoms. The second-order valence-corrected chi connectivity index (χ2v) is 7.72. The largest absolute Gasteiger partial charge is 0.493 e. The monoisotopic (exact) mass is 292 g/mol. The van der Waals surface area contributed by atoms with Crippen molar-refractivity contribution < 1.29 is 4.74 Å². The van der Waals surface area contributed by atoms with Crippen LogP contribution in [0, 0.1) is 17.3 Å². The molecular formula is C21H24O. The fraction of sp³-hybridized carbons (Fsp3) is 0.524. The predicted octanol–water partition coefficient (Wildman–Crippen LogP) is 5.36. The maximum Gasteiger partial charge on any atom is 0.123 e. The summed E-state index contributed by atoms with van der Waals surface area (Å²) in [6, 6.07) is 13.2. The molecule has 0 aromatic heterocycles. The van der Waals surface area contributed by atoms with Crippen LogP contribution < -0.4 is 4.74 Å². The highest BCUT2D eigenvalue weighted by molar-refractivity contribution is 5.88. The van der Waals surface area contributed by atoms with Gasteiger partial charge in [-0.2, -0.15) is 0 Å². The second kappa shape index (κ2) is 4.75. The lowest BCUT2D eigenvalue weighted by Gasteiger charge is -2.55. The Morgan fingerprint density at radius 1 is 0.864 bits per heavy atom. The minimum absolute atomic E-state index is 0.438. The van der Waals surface area contributed by atoms with E-state index in [1.807, 2.05) is 0 Å². The quantitative estimate of drug-likeness (QED) is 0.635. The smallest absolute Gasteiger partial charge is 0.123 e. The lowest BCUT2D eigenvalue weighted by atomic mass is 9.52. The van der Waals surface area contributed by atoms with Gasteiger partial charge in [-0.05, 0) is 60.8 Å². The zero-order chi connectivity index (χ0) is 14.6. The molecule has 2 aliphatic carbocycles. The van der Waals surface area contributed by atoms with Gasteiger partial charge < -0.3 is 4.74 Å². The molecule has 0 radical (unpaired) electrons. The van der Waals surface area contributed by atoms with E-state index in [-0.39, 0.29) is 0 Å². The first-order chi connectivity index (χ1) is 10.9. The third-order valence-corrected chi connectivity index (χ3v) is 6.84. The zero-order valence-electron chi connectivity index (χ0n) is 13.2. The minimum Gasteiger partial charge on any atom is -0.493 e. The van der Waals surface area contributed by atoms with Crippen LogP contribution in [0.1, 0.15) is 44.1 Å². The summed E-state index contributed by atoms with van der Waals surface area (Å²) in [6.07, 6.45) is 9.86. The average molecular weight is 292 g/mol. The second-order valence-electron chi connectivity index (χ2n) is 7.72. The Kier molecular flexibility index (Phi) is 2.80. The average Bonchev–Trinajstić information content (AvgIpc) is 2.54. The normalized spacial score (nSPS) is 33.5. The number of benzene rings is 2. The van der Waals surface area contributed by atoms with Crippen molar-refractivity contribution >= 4 is 10.8 Å². The number of rotatable bonds is 0. The molecule has 1 nitrogen and oxygen atoms in total. The SMILES string of the molecule is c1ccc2c3c(ccc2c1)OCC1(C3)C2CCCC1CCC2. The summed E-state index contributed by atoms with van der Waals surface area (Å²) >= 11 is 0. The van der Waals surface area contributed by atoms with Gasteiger partial charge >= 0.3 is 0 Å². The van der Waals surface area contributed by atoms with Gasteiger partial charge in [0.15, 0.2) is 0 Å². The molecule has 1 aliphatic heterocycles. The Hall–Kier alpha value is -1.50. The van der Waals surface area contributed by atoms with Gasteiger partial charge in [0.25, 0.3) is 0 Å². The van der Waals surface area contributed by atoms with E-state index >= 15 is 0 Å². The summed E-state index contributed by atoms with van der Waals surface area (Å²) in [5.41, 5.74) is 1.93. The highest BCUT2D eigenvalue weighted by Gasteiger charge is 2.51. The van der Waals surface area contributed by atoms with Gasteiger partial charge in [0, 0.05) is 11.0 Å². The summed E-state index contributed by atoms with van der Waals surface area (Å²) in [7, 11) is 0. The standard InChI is InChI=1S/C21H24O/c1-2-10-18-15(5-1)11-12-20-19(18)13-21(14-22-20)16-6-3-7-17(21)9-4-8-16/h1-2,5,10-12,16-17H,3-4,6-9,13-14H2. The first-order valence-electron chi connectivity index (χ1n) is 9.00. The van der Waals surface area contributed by atoms with Gasteiger partial charge in [0.1, 0.15) is 5.75 Å². The molecular weight excluding hydrogens is 268 g/mol. The Labute approximate surface area is 132 Å². The van der Waals surface area contributed by atoms with Crippen molar-refractivity contribution in [3.05, 3.63) is 42.0 Å². The van der Waals surface area contributed by atoms with Crippen molar-refractivity contribution in [1.29, 1.82) is 0 Å². The van der Waals surface area contributed by atoms with Crippen LogP contribution in [0.3, 0.4) is 0 Å². The van der Waals surface area contributed by atoms with Crippen molar-refractivity contribution in [2.75, 3.05) is 6.61 Å². The van der Waals surface area contributed by atoms with E-state index in [1.54, 1.807) is 0 Å². The van der Waals surface area contributed by atoms with Gasteiger partial charge in [0.2, 0.25) is 0 Å². The molecule has 1 heterocycles. The topological polar surface area (TPSA) is 9.23 Å². The molecule has 0 atom stereocenters. The van der Waals surface area contributed by atoms with Crippen LogP contribution in [0.2, 0.25) is 0 Å². The number of fused-ring (bicyclic) bond motifs is 3. The Morgan fingerprint density at radius 2 is 1.59 bits per heavy atom. The third-order valence-electron chi connectivity index (χ3n) is 6.84. The first kappa shape index (κ1) is 13.0. The molecule has 114 valence electrons. The van der Waals surface area contributed by atoms with Gasteiger partial charge in [-0.25, -0.2) is 0 Å². The van der Waals surface area contributed by atoms with Gasteiger partial charge in [-0.3, -0.25) is 0 Å². The lowest BCUT2D eigenvalue weighted by Crippen LogP contribution is -2.51. The van der Waals surface area contributed by atoms with Crippen molar-refractivity contribution in [2.24, 2.45) is 17.3 Å². The number of ether oxygens (including phenoxy) is 1. The zero-order valence-corrected chi connectivity index (χ0v) is 13.2. The van der Waals surface area contributed by atoms with Crippen molar-refractivity contribution in [3.8, 4) is 5.75 Å². The van der Waals surface area contributed by atoms with Gasteiger partial charge in [0.05, 0.1) is 6.61 Å². The molecule has 22 heavy (non-hydrogen) atoms. The molecule has 2 saturated carbocycles. The summed E-state index contributed by atoms with van der Waals surface area (Å²) in [5, 5.41) is 2.78. The maximum atomic E-state index is 6.36. The number of hydrogen-bond acceptors (Lipinski definition) is 1. The van der Waals surface area contributed by atoms with E-state index in [1.165, 1.54) is 61.3 Å². The van der Waals surface area contributed by atoms with Crippen LogP contribution in [-0.4, -0.2) is 6.61 Å². The lowest BCUT2D eigenvalue weighted by molar-refractivity contribution is -0.0628. The molecule has 0 saturated heterocycles. The van der Waals surface area contributed by atoms with Gasteiger partial charge in [-0.15, -0.1) is 0 Å². The molecule has 0 unspecified atom stereocenters. The van der Waals surface area contributed by atoms with Crippen LogP contribution in [0.4, 0.5) is 0 Å². The predicted molar refractivity (Wildman–Crippen MR) is 90.3 cm³/mol. The summed E-state index contributed by atoms with van der Waals surface area (Å²) in [6.45, 7) is 0.966. The summed E-state index contributed by atoms with van der Waals surface area (Å²) in [4.78, 5) is 0. The van der Waals surface area contributed by atoms with E-state index in [9.17, 15) is 0 Å². The van der Waals surface area contributed by atoms with Crippen LogP contribution in [0.25, 0.3) is 10.8 Å². The molecule has 3 aliphatic rings. The third kappa shape index (κ3) is 1.71. The van der Waals surface area contributed by atoms with Crippen molar-refractivity contribution in [2.45, 2.75) is 44.9 Å². The molecule has 0 N–H and O–H groups in total. The fourth-order valence-electron chi connectivity index (χ4n) is 5.74. The molecule has 2 aromatic rings. The Morgan fingerprint density at radius 3 is 2.36 bits per heavy atom. The Bertz CT molecular complexity index is 695.